The maximum Gasteiger partial charge on any atom is 0.274 e. The molecule has 1 aromatic carbocycles. The second-order valence-corrected chi connectivity index (χ2v) is 6.21. The van der Waals surface area contributed by atoms with Crippen molar-refractivity contribution in [1.29, 1.82) is 0 Å². The molecule has 2 N–H and O–H groups in total. The van der Waals surface area contributed by atoms with E-state index in [0.717, 1.165) is 25.9 Å². The van der Waals surface area contributed by atoms with Gasteiger partial charge in [0, 0.05) is 23.4 Å². The number of piperidine rings is 1. The second-order valence-electron chi connectivity index (χ2n) is 4.92. The van der Waals surface area contributed by atoms with E-state index < -0.39 is 4.92 Å². The second kappa shape index (κ2) is 7.99. The molecule has 1 fully saturated rings. The van der Waals surface area contributed by atoms with Crippen LogP contribution in [0.2, 0.25) is 0 Å². The zero-order chi connectivity index (χ0) is 15.1. The maximum atomic E-state index is 11.8. The van der Waals surface area contributed by atoms with Gasteiger partial charge in [-0.3, -0.25) is 14.9 Å². The number of nitro benzene ring substituents is 1. The van der Waals surface area contributed by atoms with Gasteiger partial charge in [-0.05, 0) is 25.9 Å². The fourth-order valence-corrected chi connectivity index (χ4v) is 3.30. The molecule has 0 radical (unpaired) electrons. The third-order valence-electron chi connectivity index (χ3n) is 3.40. The van der Waals surface area contributed by atoms with Gasteiger partial charge in [-0.1, -0.05) is 18.2 Å². The summed E-state index contributed by atoms with van der Waals surface area (Å²) < 4.78 is 0. The molecule has 7 heteroatoms. The highest BCUT2D eigenvalue weighted by atomic mass is 32.2. The Morgan fingerprint density at radius 3 is 2.81 bits per heavy atom. The third kappa shape index (κ3) is 5.02. The summed E-state index contributed by atoms with van der Waals surface area (Å²) in [5, 5.41) is 17.5. The van der Waals surface area contributed by atoms with Gasteiger partial charge in [0.2, 0.25) is 5.91 Å². The van der Waals surface area contributed by atoms with Crippen molar-refractivity contribution in [3.05, 3.63) is 39.9 Å². The summed E-state index contributed by atoms with van der Waals surface area (Å²) in [5.74, 6) is 0.336. The highest BCUT2D eigenvalue weighted by Gasteiger charge is 2.16. The number of benzene rings is 1. The first-order chi connectivity index (χ1) is 10.2. The van der Waals surface area contributed by atoms with Crippen LogP contribution in [0.25, 0.3) is 0 Å². The molecule has 0 spiro atoms. The standard InChI is InChI=1S/C14H19N3O3S/c18-14(10-21-12-5-7-15-8-6-12)16-9-11-3-1-2-4-13(11)17(19)20/h1-4,12,15H,5-10H2,(H,16,18). The lowest BCUT2D eigenvalue weighted by atomic mass is 10.2. The summed E-state index contributed by atoms with van der Waals surface area (Å²) in [6.07, 6.45) is 2.17. The Hall–Kier alpha value is -1.60. The van der Waals surface area contributed by atoms with Crippen LogP contribution in [0, 0.1) is 10.1 Å². The molecule has 1 aliphatic rings. The molecule has 1 aromatic rings. The highest BCUT2D eigenvalue weighted by Crippen LogP contribution is 2.20. The average molecular weight is 309 g/mol. The molecule has 0 saturated carbocycles. The lowest BCUT2D eigenvalue weighted by molar-refractivity contribution is -0.385. The average Bonchev–Trinajstić information content (AvgIpc) is 2.52. The molecule has 0 atom stereocenters. The van der Waals surface area contributed by atoms with Crippen molar-refractivity contribution >= 4 is 23.4 Å². The number of nitrogens with one attached hydrogen (secondary N) is 2. The molecule has 1 saturated heterocycles. The van der Waals surface area contributed by atoms with Gasteiger partial charge in [0.1, 0.15) is 0 Å². The summed E-state index contributed by atoms with van der Waals surface area (Å²) in [6.45, 7) is 2.22. The summed E-state index contributed by atoms with van der Waals surface area (Å²) in [4.78, 5) is 22.3. The Kier molecular flexibility index (Phi) is 6.01. The van der Waals surface area contributed by atoms with Crippen molar-refractivity contribution < 1.29 is 9.72 Å². The van der Waals surface area contributed by atoms with E-state index in [1.54, 1.807) is 30.0 Å². The van der Waals surface area contributed by atoms with Gasteiger partial charge in [0.15, 0.2) is 0 Å². The number of carbonyl (C=O) groups excluding carboxylic acids is 1. The summed E-state index contributed by atoms with van der Waals surface area (Å²) in [6, 6.07) is 6.47. The van der Waals surface area contributed by atoms with Crippen LogP contribution in [0.4, 0.5) is 5.69 Å². The summed E-state index contributed by atoms with van der Waals surface area (Å²) in [5.41, 5.74) is 0.575. The highest BCUT2D eigenvalue weighted by molar-refractivity contribution is 8.00. The maximum absolute atomic E-state index is 11.8. The molecule has 0 bridgehead atoms. The van der Waals surface area contributed by atoms with Crippen molar-refractivity contribution in [3.63, 3.8) is 0 Å². The number of carbonyl (C=O) groups is 1. The Bertz CT molecular complexity index is 504. The van der Waals surface area contributed by atoms with E-state index in [1.165, 1.54) is 6.07 Å². The summed E-state index contributed by atoms with van der Waals surface area (Å²) >= 11 is 1.67. The van der Waals surface area contributed by atoms with Crippen LogP contribution < -0.4 is 10.6 Å². The molecule has 21 heavy (non-hydrogen) atoms. The quantitative estimate of drug-likeness (QED) is 0.617. The van der Waals surface area contributed by atoms with E-state index in [9.17, 15) is 14.9 Å². The Morgan fingerprint density at radius 1 is 1.38 bits per heavy atom. The van der Waals surface area contributed by atoms with Crippen LogP contribution in [0.3, 0.4) is 0 Å². The van der Waals surface area contributed by atoms with Gasteiger partial charge in [0.05, 0.1) is 10.7 Å². The van der Waals surface area contributed by atoms with E-state index in [2.05, 4.69) is 10.6 Å². The molecule has 1 amide bonds. The third-order valence-corrected chi connectivity index (χ3v) is 4.77. The zero-order valence-electron chi connectivity index (χ0n) is 11.7. The van der Waals surface area contributed by atoms with E-state index in [0.29, 0.717) is 16.6 Å². The summed E-state index contributed by atoms with van der Waals surface area (Å²) in [7, 11) is 0. The van der Waals surface area contributed by atoms with Crippen LogP contribution in [0.15, 0.2) is 24.3 Å². The number of rotatable bonds is 6. The topological polar surface area (TPSA) is 84.3 Å². The number of para-hydroxylation sites is 1. The number of amides is 1. The van der Waals surface area contributed by atoms with Gasteiger partial charge in [-0.25, -0.2) is 0 Å². The fourth-order valence-electron chi connectivity index (χ4n) is 2.24. The number of nitro groups is 1. The van der Waals surface area contributed by atoms with Gasteiger partial charge in [-0.15, -0.1) is 11.8 Å². The molecule has 0 aromatic heterocycles. The van der Waals surface area contributed by atoms with E-state index in [-0.39, 0.29) is 18.1 Å². The van der Waals surface area contributed by atoms with Crippen LogP contribution in [-0.4, -0.2) is 34.9 Å². The van der Waals surface area contributed by atoms with Crippen molar-refractivity contribution in [3.8, 4) is 0 Å². The van der Waals surface area contributed by atoms with Crippen LogP contribution in [0.5, 0.6) is 0 Å². The number of hydrogen-bond acceptors (Lipinski definition) is 5. The Balaban J connectivity index is 1.77. The molecule has 6 nitrogen and oxygen atoms in total. The van der Waals surface area contributed by atoms with Gasteiger partial charge in [0.25, 0.3) is 5.69 Å². The van der Waals surface area contributed by atoms with E-state index in [4.69, 9.17) is 0 Å². The van der Waals surface area contributed by atoms with Crippen molar-refractivity contribution in [2.75, 3.05) is 18.8 Å². The minimum absolute atomic E-state index is 0.0452. The van der Waals surface area contributed by atoms with Gasteiger partial charge >= 0.3 is 0 Å². The molecular weight excluding hydrogens is 290 g/mol. The first-order valence-electron chi connectivity index (χ1n) is 6.98. The van der Waals surface area contributed by atoms with Crippen molar-refractivity contribution in [2.24, 2.45) is 0 Å². The Labute approximate surface area is 127 Å². The molecule has 114 valence electrons. The predicted molar refractivity (Wildman–Crippen MR) is 83.3 cm³/mol. The molecular formula is C14H19N3O3S. The lowest BCUT2D eigenvalue weighted by Gasteiger charge is -2.21. The SMILES string of the molecule is O=C(CSC1CCNCC1)NCc1ccccc1[N+](=O)[O-]. The molecule has 2 rings (SSSR count). The van der Waals surface area contributed by atoms with Crippen LogP contribution in [-0.2, 0) is 11.3 Å². The van der Waals surface area contributed by atoms with Crippen LogP contribution >= 0.6 is 11.8 Å². The fraction of sp³-hybridized carbons (Fsp3) is 0.500. The zero-order valence-corrected chi connectivity index (χ0v) is 12.5. The number of thioether (sulfide) groups is 1. The van der Waals surface area contributed by atoms with Gasteiger partial charge in [-0.2, -0.15) is 0 Å². The van der Waals surface area contributed by atoms with E-state index >= 15 is 0 Å². The molecule has 0 aliphatic carbocycles. The smallest absolute Gasteiger partial charge is 0.274 e. The minimum Gasteiger partial charge on any atom is -0.351 e. The van der Waals surface area contributed by atoms with E-state index in [1.807, 2.05) is 0 Å². The largest absolute Gasteiger partial charge is 0.351 e. The number of hydrogen-bond donors (Lipinski definition) is 2. The van der Waals surface area contributed by atoms with Crippen molar-refractivity contribution in [1.82, 2.24) is 10.6 Å². The molecule has 0 unspecified atom stereocenters. The number of nitrogens with zero attached hydrogens (tertiary/aromatic N) is 1. The minimum atomic E-state index is -0.425. The first-order valence-corrected chi connectivity index (χ1v) is 8.03. The normalized spacial score (nSPS) is 15.6. The molecule has 1 aliphatic heterocycles. The molecule has 1 heterocycles. The van der Waals surface area contributed by atoms with Crippen LogP contribution in [0.1, 0.15) is 18.4 Å². The van der Waals surface area contributed by atoms with Gasteiger partial charge < -0.3 is 10.6 Å². The predicted octanol–water partition coefficient (Wildman–Crippen LogP) is 1.70. The first kappa shape index (κ1) is 15.8. The van der Waals surface area contributed by atoms with Crippen molar-refractivity contribution in [2.45, 2.75) is 24.6 Å². The lowest BCUT2D eigenvalue weighted by Crippen LogP contribution is -2.31. The Morgan fingerprint density at radius 2 is 2.10 bits per heavy atom. The monoisotopic (exact) mass is 309 g/mol.